The van der Waals surface area contributed by atoms with Crippen molar-refractivity contribution in [3.05, 3.63) is 39.8 Å². The van der Waals surface area contributed by atoms with Crippen molar-refractivity contribution in [3.8, 4) is 0 Å². The lowest BCUT2D eigenvalue weighted by Gasteiger charge is -2.18. The molecule has 0 N–H and O–H groups in total. The topological polar surface area (TPSA) is 32.3 Å². The summed E-state index contributed by atoms with van der Waals surface area (Å²) in [6, 6.07) is 4.40. The molecule has 0 unspecified atom stereocenters. The molecule has 2 aliphatic rings. The van der Waals surface area contributed by atoms with Gasteiger partial charge in [0, 0.05) is 6.54 Å². The van der Waals surface area contributed by atoms with Gasteiger partial charge in [0.1, 0.15) is 5.02 Å². The predicted octanol–water partition coefficient (Wildman–Crippen LogP) is 4.17. The number of nitrogens with zero attached hydrogens (tertiary/aromatic N) is 4. The monoisotopic (exact) mass is 324 g/mol. The van der Waals surface area contributed by atoms with E-state index >= 15 is 0 Å². The maximum atomic E-state index is 6.23. The van der Waals surface area contributed by atoms with Crippen LogP contribution in [0.5, 0.6) is 0 Å². The van der Waals surface area contributed by atoms with Gasteiger partial charge in [-0.3, -0.25) is 4.31 Å². The van der Waals surface area contributed by atoms with Gasteiger partial charge in [-0.25, -0.2) is 9.29 Å². The fourth-order valence-corrected chi connectivity index (χ4v) is 4.12. The molecule has 0 saturated carbocycles. The van der Waals surface area contributed by atoms with Crippen LogP contribution in [-0.2, 0) is 6.42 Å². The van der Waals surface area contributed by atoms with Crippen molar-refractivity contribution in [2.24, 2.45) is 0 Å². The van der Waals surface area contributed by atoms with E-state index < -0.39 is 0 Å². The van der Waals surface area contributed by atoms with Crippen molar-refractivity contribution in [3.63, 3.8) is 0 Å². The number of halogens is 2. The molecule has 0 amide bonds. The van der Waals surface area contributed by atoms with Gasteiger partial charge in [-0.05, 0) is 42.1 Å². The zero-order valence-electron chi connectivity index (χ0n) is 10.6. The van der Waals surface area contributed by atoms with Crippen molar-refractivity contribution in [1.82, 2.24) is 9.97 Å². The Bertz CT molecular complexity index is 722. The van der Waals surface area contributed by atoms with Crippen LogP contribution in [0, 0.1) is 6.92 Å². The minimum atomic E-state index is 0.204. The summed E-state index contributed by atoms with van der Waals surface area (Å²) >= 11 is 13.7. The minimum absolute atomic E-state index is 0.204. The van der Waals surface area contributed by atoms with Crippen LogP contribution < -0.4 is 8.61 Å². The first-order valence-corrected chi connectivity index (χ1v) is 7.69. The minimum Gasteiger partial charge on any atom is -0.296 e. The van der Waals surface area contributed by atoms with Crippen molar-refractivity contribution in [1.29, 1.82) is 0 Å². The lowest BCUT2D eigenvalue weighted by Crippen LogP contribution is -2.13. The van der Waals surface area contributed by atoms with Crippen molar-refractivity contribution in [2.75, 3.05) is 15.2 Å². The third kappa shape index (κ3) is 1.77. The third-order valence-corrected chi connectivity index (χ3v) is 4.98. The van der Waals surface area contributed by atoms with Gasteiger partial charge < -0.3 is 0 Å². The second-order valence-corrected chi connectivity index (χ2v) is 6.54. The lowest BCUT2D eigenvalue weighted by molar-refractivity contribution is 1.05. The van der Waals surface area contributed by atoms with Crippen LogP contribution in [0.3, 0.4) is 0 Å². The fourth-order valence-electron chi connectivity index (χ4n) is 2.66. The number of aryl methyl sites for hydroxylation is 1. The molecule has 1 aromatic carbocycles. The van der Waals surface area contributed by atoms with Crippen molar-refractivity contribution >= 4 is 52.5 Å². The Morgan fingerprint density at radius 2 is 2.15 bits per heavy atom. The van der Waals surface area contributed by atoms with Crippen LogP contribution in [0.15, 0.2) is 18.3 Å². The molecule has 4 nitrogen and oxygen atoms in total. The number of anilines is 3. The first kappa shape index (κ1) is 12.6. The molecule has 0 saturated heterocycles. The van der Waals surface area contributed by atoms with Gasteiger partial charge in [0.25, 0.3) is 0 Å². The van der Waals surface area contributed by atoms with E-state index in [9.17, 15) is 0 Å². The maximum absolute atomic E-state index is 6.23. The number of hydrogen-bond acceptors (Lipinski definition) is 5. The van der Waals surface area contributed by atoms with Gasteiger partial charge >= 0.3 is 0 Å². The molecule has 0 radical (unpaired) electrons. The van der Waals surface area contributed by atoms with E-state index in [-0.39, 0.29) is 5.28 Å². The average Bonchev–Trinajstić information content (AvgIpc) is 2.97. The van der Waals surface area contributed by atoms with Gasteiger partial charge in [0.15, 0.2) is 5.82 Å². The largest absolute Gasteiger partial charge is 0.296 e. The summed E-state index contributed by atoms with van der Waals surface area (Å²) < 4.78 is 4.30. The molecular formula is C13H10Cl2N4S. The van der Waals surface area contributed by atoms with E-state index in [1.807, 2.05) is 4.31 Å². The SMILES string of the molecule is Cc1cc2c3c(c1)N(c1nc(Cl)ncc1Cl)SN3CC2. The van der Waals surface area contributed by atoms with Gasteiger partial charge in [-0.1, -0.05) is 17.7 Å². The summed E-state index contributed by atoms with van der Waals surface area (Å²) in [6.45, 7) is 3.11. The Kier molecular flexibility index (Phi) is 2.77. The van der Waals surface area contributed by atoms with Crippen LogP contribution in [0.1, 0.15) is 11.1 Å². The summed E-state index contributed by atoms with van der Waals surface area (Å²) in [5, 5.41) is 0.702. The molecule has 0 atom stereocenters. The van der Waals surface area contributed by atoms with Gasteiger partial charge in [-0.15, -0.1) is 0 Å². The molecule has 20 heavy (non-hydrogen) atoms. The van der Waals surface area contributed by atoms with Crippen LogP contribution in [0.4, 0.5) is 17.2 Å². The van der Waals surface area contributed by atoms with E-state index in [1.165, 1.54) is 23.0 Å². The van der Waals surface area contributed by atoms with Crippen molar-refractivity contribution < 1.29 is 0 Å². The molecule has 7 heteroatoms. The summed E-state index contributed by atoms with van der Waals surface area (Å²) in [6.07, 6.45) is 2.63. The number of aromatic nitrogens is 2. The second-order valence-electron chi connectivity index (χ2n) is 4.83. The second kappa shape index (κ2) is 4.41. The summed E-state index contributed by atoms with van der Waals surface area (Å²) in [7, 11) is 0. The van der Waals surface area contributed by atoms with Crippen LogP contribution in [0.25, 0.3) is 0 Å². The standard InChI is InChI=1S/C13H10Cl2N4S/c1-7-4-8-2-3-18-11(8)10(5-7)19(20-18)12-9(14)6-16-13(15)17-12/h4-6H,2-3H2,1H3. The van der Waals surface area contributed by atoms with Crippen LogP contribution in [0.2, 0.25) is 10.3 Å². The quantitative estimate of drug-likeness (QED) is 0.580. The fraction of sp³-hybridized carbons (Fsp3) is 0.231. The highest BCUT2D eigenvalue weighted by molar-refractivity contribution is 8.02. The zero-order valence-corrected chi connectivity index (χ0v) is 12.9. The highest BCUT2D eigenvalue weighted by atomic mass is 35.5. The molecule has 1 aromatic heterocycles. The summed E-state index contributed by atoms with van der Waals surface area (Å²) in [5.41, 5.74) is 5.02. The van der Waals surface area contributed by atoms with Gasteiger partial charge in [0.2, 0.25) is 5.28 Å². The molecule has 3 heterocycles. The molecular weight excluding hydrogens is 315 g/mol. The number of rotatable bonds is 1. The van der Waals surface area contributed by atoms with E-state index in [1.54, 1.807) is 12.1 Å². The third-order valence-electron chi connectivity index (χ3n) is 3.43. The van der Waals surface area contributed by atoms with Crippen LogP contribution in [-0.4, -0.2) is 16.5 Å². The molecule has 0 aliphatic carbocycles. The number of benzene rings is 1. The molecule has 2 aromatic rings. The number of hydrogen-bond donors (Lipinski definition) is 0. The van der Waals surface area contributed by atoms with Crippen molar-refractivity contribution in [2.45, 2.75) is 13.3 Å². The Morgan fingerprint density at radius 1 is 1.30 bits per heavy atom. The van der Waals surface area contributed by atoms with Gasteiger partial charge in [-0.2, -0.15) is 4.98 Å². The zero-order chi connectivity index (χ0) is 13.9. The van der Waals surface area contributed by atoms with E-state index in [4.69, 9.17) is 23.2 Å². The molecule has 0 fully saturated rings. The maximum Gasteiger partial charge on any atom is 0.224 e. The first-order chi connectivity index (χ1) is 9.63. The summed E-state index contributed by atoms with van der Waals surface area (Å²) in [4.78, 5) is 8.18. The lowest BCUT2D eigenvalue weighted by atomic mass is 10.1. The van der Waals surface area contributed by atoms with E-state index in [2.05, 4.69) is 33.3 Å². The molecule has 0 spiro atoms. The molecule has 2 aliphatic heterocycles. The average molecular weight is 325 g/mol. The molecule has 102 valence electrons. The highest BCUT2D eigenvalue weighted by Crippen LogP contribution is 2.54. The van der Waals surface area contributed by atoms with E-state index in [0.29, 0.717) is 10.8 Å². The Labute approximate surface area is 131 Å². The normalized spacial score (nSPS) is 15.9. The van der Waals surface area contributed by atoms with E-state index in [0.717, 1.165) is 18.7 Å². The Balaban J connectivity index is 1.90. The predicted molar refractivity (Wildman–Crippen MR) is 84.0 cm³/mol. The first-order valence-electron chi connectivity index (χ1n) is 6.21. The smallest absolute Gasteiger partial charge is 0.224 e. The van der Waals surface area contributed by atoms with Crippen LogP contribution >= 0.6 is 35.3 Å². The highest BCUT2D eigenvalue weighted by Gasteiger charge is 2.36. The molecule has 4 rings (SSSR count). The Hall–Kier alpha value is -1.17. The Morgan fingerprint density at radius 3 is 3.00 bits per heavy atom. The molecule has 0 bridgehead atoms. The summed E-state index contributed by atoms with van der Waals surface area (Å²) in [5.74, 6) is 0.638. The van der Waals surface area contributed by atoms with Gasteiger partial charge in [0.05, 0.1) is 29.7 Å².